The molecule has 1 N–H and O–H groups in total. The van der Waals surface area contributed by atoms with Gasteiger partial charge in [-0.25, -0.2) is 0 Å². The highest BCUT2D eigenvalue weighted by Gasteiger charge is 2.22. The van der Waals surface area contributed by atoms with Crippen molar-refractivity contribution >= 4 is 0 Å². The van der Waals surface area contributed by atoms with Crippen molar-refractivity contribution in [1.29, 1.82) is 0 Å². The summed E-state index contributed by atoms with van der Waals surface area (Å²) in [5.41, 5.74) is 1.37. The van der Waals surface area contributed by atoms with Crippen LogP contribution >= 0.6 is 0 Å². The summed E-state index contributed by atoms with van der Waals surface area (Å²) in [7, 11) is 0. The minimum Gasteiger partial charge on any atom is -0.316 e. The zero-order valence-corrected chi connectivity index (χ0v) is 11.3. The quantitative estimate of drug-likeness (QED) is 0.908. The third-order valence-corrected chi connectivity index (χ3v) is 3.86. The highest BCUT2D eigenvalue weighted by molar-refractivity contribution is 5.15. The lowest BCUT2D eigenvalue weighted by atomic mass is 10.1. The number of rotatable bonds is 4. The Morgan fingerprint density at radius 2 is 2.11 bits per heavy atom. The van der Waals surface area contributed by atoms with Crippen molar-refractivity contribution in [1.82, 2.24) is 20.1 Å². The largest absolute Gasteiger partial charge is 0.316 e. The Morgan fingerprint density at radius 3 is 2.84 bits per heavy atom. The Kier molecular flexibility index (Phi) is 3.60. The summed E-state index contributed by atoms with van der Waals surface area (Å²) in [4.78, 5) is 0. The van der Waals surface area contributed by atoms with Crippen molar-refractivity contribution in [3.63, 3.8) is 0 Å². The maximum absolute atomic E-state index is 4.38. The van der Waals surface area contributed by atoms with Crippen LogP contribution in [-0.2, 0) is 13.0 Å². The molecular weight excluding hydrogens is 236 g/mol. The van der Waals surface area contributed by atoms with Gasteiger partial charge in [-0.15, -0.1) is 10.2 Å². The SMILES string of the molecule is Cc1nnc(C2CCNC2)n1CCc1ccccc1. The molecule has 1 fully saturated rings. The second-order valence-electron chi connectivity index (χ2n) is 5.18. The first-order valence-electron chi connectivity index (χ1n) is 6.99. The number of benzene rings is 1. The van der Waals surface area contributed by atoms with Crippen molar-refractivity contribution in [2.75, 3.05) is 13.1 Å². The summed E-state index contributed by atoms with van der Waals surface area (Å²) in [5.74, 6) is 2.70. The van der Waals surface area contributed by atoms with Gasteiger partial charge in [0.2, 0.25) is 0 Å². The molecule has 100 valence electrons. The molecule has 4 nitrogen and oxygen atoms in total. The average molecular weight is 256 g/mol. The molecule has 0 radical (unpaired) electrons. The van der Waals surface area contributed by atoms with E-state index in [9.17, 15) is 0 Å². The lowest BCUT2D eigenvalue weighted by Crippen LogP contribution is -2.14. The molecule has 1 unspecified atom stereocenters. The zero-order valence-electron chi connectivity index (χ0n) is 11.3. The highest BCUT2D eigenvalue weighted by Crippen LogP contribution is 2.21. The summed E-state index contributed by atoms with van der Waals surface area (Å²) in [6.07, 6.45) is 2.20. The van der Waals surface area contributed by atoms with Crippen LogP contribution in [-0.4, -0.2) is 27.9 Å². The number of hydrogen-bond acceptors (Lipinski definition) is 3. The summed E-state index contributed by atoms with van der Waals surface area (Å²) >= 11 is 0. The van der Waals surface area contributed by atoms with E-state index in [-0.39, 0.29) is 0 Å². The Hall–Kier alpha value is -1.68. The highest BCUT2D eigenvalue weighted by atomic mass is 15.3. The molecular formula is C15H20N4. The van der Waals surface area contributed by atoms with Gasteiger partial charge < -0.3 is 9.88 Å². The van der Waals surface area contributed by atoms with Crippen molar-refractivity contribution in [2.24, 2.45) is 0 Å². The minimum atomic E-state index is 0.525. The van der Waals surface area contributed by atoms with Crippen LogP contribution < -0.4 is 5.32 Å². The van der Waals surface area contributed by atoms with Crippen LogP contribution in [0.2, 0.25) is 0 Å². The van der Waals surface area contributed by atoms with Gasteiger partial charge in [0.25, 0.3) is 0 Å². The van der Waals surface area contributed by atoms with Gasteiger partial charge in [0.1, 0.15) is 11.6 Å². The Labute approximate surface area is 113 Å². The minimum absolute atomic E-state index is 0.525. The summed E-state index contributed by atoms with van der Waals surface area (Å²) in [6.45, 7) is 5.14. The summed E-state index contributed by atoms with van der Waals surface area (Å²) in [5, 5.41) is 12.0. The smallest absolute Gasteiger partial charge is 0.137 e. The van der Waals surface area contributed by atoms with E-state index in [1.54, 1.807) is 0 Å². The fraction of sp³-hybridized carbons (Fsp3) is 0.467. The number of nitrogens with one attached hydrogen (secondary N) is 1. The van der Waals surface area contributed by atoms with E-state index in [2.05, 4.69) is 50.4 Å². The number of nitrogens with zero attached hydrogens (tertiary/aromatic N) is 3. The van der Waals surface area contributed by atoms with Gasteiger partial charge in [-0.05, 0) is 31.9 Å². The lowest BCUT2D eigenvalue weighted by Gasteiger charge is -2.12. The van der Waals surface area contributed by atoms with E-state index in [1.165, 1.54) is 12.0 Å². The predicted molar refractivity (Wildman–Crippen MR) is 75.1 cm³/mol. The van der Waals surface area contributed by atoms with E-state index in [0.29, 0.717) is 5.92 Å². The number of aryl methyl sites for hydroxylation is 2. The fourth-order valence-electron chi connectivity index (χ4n) is 2.74. The van der Waals surface area contributed by atoms with Crippen LogP contribution in [0.5, 0.6) is 0 Å². The number of aromatic nitrogens is 3. The first kappa shape index (κ1) is 12.4. The van der Waals surface area contributed by atoms with E-state index in [0.717, 1.165) is 37.7 Å². The van der Waals surface area contributed by atoms with Crippen molar-refractivity contribution in [2.45, 2.75) is 32.2 Å². The Balaban J connectivity index is 1.75. The van der Waals surface area contributed by atoms with E-state index >= 15 is 0 Å². The maximum atomic E-state index is 4.38. The average Bonchev–Trinajstić information content (AvgIpc) is 3.07. The summed E-state index contributed by atoms with van der Waals surface area (Å²) in [6, 6.07) is 10.6. The molecule has 0 spiro atoms. The molecule has 19 heavy (non-hydrogen) atoms. The van der Waals surface area contributed by atoms with Gasteiger partial charge >= 0.3 is 0 Å². The zero-order chi connectivity index (χ0) is 13.1. The van der Waals surface area contributed by atoms with Crippen molar-refractivity contribution in [3.8, 4) is 0 Å². The molecule has 1 atom stereocenters. The van der Waals surface area contributed by atoms with E-state index in [4.69, 9.17) is 0 Å². The number of hydrogen-bond donors (Lipinski definition) is 1. The van der Waals surface area contributed by atoms with Crippen molar-refractivity contribution in [3.05, 3.63) is 47.5 Å². The molecule has 1 aliphatic heterocycles. The monoisotopic (exact) mass is 256 g/mol. The van der Waals surface area contributed by atoms with Crippen LogP contribution in [0.25, 0.3) is 0 Å². The van der Waals surface area contributed by atoms with Gasteiger partial charge in [0.15, 0.2) is 0 Å². The van der Waals surface area contributed by atoms with Crippen LogP contribution in [0, 0.1) is 6.92 Å². The first-order chi connectivity index (χ1) is 9.34. The lowest BCUT2D eigenvalue weighted by molar-refractivity contribution is 0.587. The first-order valence-corrected chi connectivity index (χ1v) is 6.99. The molecule has 1 saturated heterocycles. The second-order valence-corrected chi connectivity index (χ2v) is 5.18. The molecule has 2 heterocycles. The topological polar surface area (TPSA) is 42.7 Å². The van der Waals surface area contributed by atoms with Gasteiger partial charge in [-0.3, -0.25) is 0 Å². The molecule has 0 aliphatic carbocycles. The molecule has 0 bridgehead atoms. The molecule has 0 amide bonds. The molecule has 1 aromatic heterocycles. The maximum Gasteiger partial charge on any atom is 0.137 e. The third-order valence-electron chi connectivity index (χ3n) is 3.86. The van der Waals surface area contributed by atoms with E-state index < -0.39 is 0 Å². The third kappa shape index (κ3) is 2.68. The molecule has 1 aromatic carbocycles. The molecule has 3 rings (SSSR count). The van der Waals surface area contributed by atoms with Gasteiger partial charge in [-0.2, -0.15) is 0 Å². The van der Waals surface area contributed by atoms with Crippen LogP contribution in [0.3, 0.4) is 0 Å². The molecule has 0 saturated carbocycles. The predicted octanol–water partition coefficient (Wildman–Crippen LogP) is 1.91. The second kappa shape index (κ2) is 5.53. The Morgan fingerprint density at radius 1 is 1.26 bits per heavy atom. The molecule has 2 aromatic rings. The van der Waals surface area contributed by atoms with Crippen LogP contribution in [0.15, 0.2) is 30.3 Å². The van der Waals surface area contributed by atoms with Gasteiger partial charge in [-0.1, -0.05) is 30.3 Å². The Bertz CT molecular complexity index is 526. The fourth-order valence-corrected chi connectivity index (χ4v) is 2.74. The van der Waals surface area contributed by atoms with Crippen molar-refractivity contribution < 1.29 is 0 Å². The van der Waals surface area contributed by atoms with Gasteiger partial charge in [0, 0.05) is 19.0 Å². The van der Waals surface area contributed by atoms with Gasteiger partial charge in [0.05, 0.1) is 0 Å². The molecule has 4 heteroatoms. The summed E-state index contributed by atoms with van der Waals surface area (Å²) < 4.78 is 2.28. The van der Waals surface area contributed by atoms with Crippen LogP contribution in [0.4, 0.5) is 0 Å². The molecule has 1 aliphatic rings. The standard InChI is InChI=1S/C15H20N4/c1-12-17-18-15(14-7-9-16-11-14)19(12)10-8-13-5-3-2-4-6-13/h2-6,14,16H,7-11H2,1H3. The van der Waals surface area contributed by atoms with E-state index in [1.807, 2.05) is 6.92 Å². The van der Waals surface area contributed by atoms with Crippen LogP contribution in [0.1, 0.15) is 29.6 Å². The normalized spacial score (nSPS) is 18.9.